The number of thioether (sulfide) groups is 1. The summed E-state index contributed by atoms with van der Waals surface area (Å²) in [5.74, 6) is 0.461. The fourth-order valence-corrected chi connectivity index (χ4v) is 5.09. The van der Waals surface area contributed by atoms with Crippen LogP contribution in [0.3, 0.4) is 0 Å². The molecule has 3 aromatic carbocycles. The Morgan fingerprint density at radius 2 is 1.98 bits per heavy atom. The number of carbonyl (C=O) groups is 3. The minimum atomic E-state index is -0.612. The van der Waals surface area contributed by atoms with Crippen molar-refractivity contribution in [3.63, 3.8) is 0 Å². The topological polar surface area (TPSA) is 127 Å². The molecule has 5 rings (SSSR count). The van der Waals surface area contributed by atoms with Gasteiger partial charge in [-0.25, -0.2) is 0 Å². The van der Waals surface area contributed by atoms with Gasteiger partial charge in [-0.1, -0.05) is 29.8 Å². The lowest BCUT2D eigenvalue weighted by Gasteiger charge is -2.14. The van der Waals surface area contributed by atoms with Gasteiger partial charge in [0.15, 0.2) is 23.0 Å². The number of nitrogens with zero attached hydrogens (tertiary/aromatic N) is 2. The number of nitrogens with one attached hydrogen (secondary N) is 1. The van der Waals surface area contributed by atoms with Crippen LogP contribution in [0.1, 0.15) is 16.7 Å². The van der Waals surface area contributed by atoms with E-state index in [1.807, 2.05) is 0 Å². The van der Waals surface area contributed by atoms with Gasteiger partial charge in [-0.2, -0.15) is 5.26 Å². The Bertz CT molecular complexity index is 1600. The molecule has 40 heavy (non-hydrogen) atoms. The lowest BCUT2D eigenvalue weighted by Crippen LogP contribution is -2.36. The summed E-state index contributed by atoms with van der Waals surface area (Å²) in [5.41, 5.74) is 2.09. The summed E-state index contributed by atoms with van der Waals surface area (Å²) in [7, 11) is 1.44. The highest BCUT2D eigenvalue weighted by atomic mass is 35.5. The van der Waals surface area contributed by atoms with E-state index in [0.717, 1.165) is 4.90 Å². The van der Waals surface area contributed by atoms with E-state index < -0.39 is 23.6 Å². The summed E-state index contributed by atoms with van der Waals surface area (Å²) in [6.45, 7) is -0.274. The Morgan fingerprint density at radius 3 is 2.77 bits per heavy atom. The molecule has 0 saturated carbocycles. The number of imide groups is 1. The normalized spacial score (nSPS) is 14.8. The van der Waals surface area contributed by atoms with Crippen molar-refractivity contribution in [1.29, 1.82) is 5.26 Å². The molecule has 1 N–H and O–H groups in total. The van der Waals surface area contributed by atoms with Crippen molar-refractivity contribution in [2.45, 2.75) is 6.61 Å². The molecule has 0 spiro atoms. The van der Waals surface area contributed by atoms with Crippen LogP contribution in [0.5, 0.6) is 23.0 Å². The summed E-state index contributed by atoms with van der Waals surface area (Å²) >= 11 is 7.19. The number of methoxy groups -OCH3 is 1. The Kier molecular flexibility index (Phi) is 7.82. The standard InChI is InChI=1S/C28H20ClN3O7S/c1-36-23-9-16(8-20(29)26(23)37-14-18-5-3-2-4-17(18)12-30)10-24-27(34)32(28(35)40-24)13-25(33)31-19-6-7-21-22(11-19)39-15-38-21/h2-11H,13-15H2,1H3,(H,31,33)/b24-10-. The van der Waals surface area contributed by atoms with Crippen molar-refractivity contribution in [3.05, 3.63) is 81.2 Å². The number of benzene rings is 3. The van der Waals surface area contributed by atoms with Gasteiger partial charge < -0.3 is 24.3 Å². The smallest absolute Gasteiger partial charge is 0.294 e. The fourth-order valence-electron chi connectivity index (χ4n) is 3.97. The molecule has 1 saturated heterocycles. The third kappa shape index (κ3) is 5.68. The maximum atomic E-state index is 13.0. The minimum Gasteiger partial charge on any atom is -0.493 e. The van der Waals surface area contributed by atoms with Crippen LogP contribution < -0.4 is 24.3 Å². The molecule has 0 unspecified atom stereocenters. The van der Waals surface area contributed by atoms with Gasteiger partial charge >= 0.3 is 0 Å². The molecular formula is C28H20ClN3O7S. The van der Waals surface area contributed by atoms with Gasteiger partial charge in [-0.3, -0.25) is 19.3 Å². The van der Waals surface area contributed by atoms with Gasteiger partial charge in [0.25, 0.3) is 11.1 Å². The Labute approximate surface area is 238 Å². The largest absolute Gasteiger partial charge is 0.493 e. The molecule has 2 aliphatic rings. The summed E-state index contributed by atoms with van der Waals surface area (Å²) in [6, 6.07) is 17.2. The predicted molar refractivity (Wildman–Crippen MR) is 147 cm³/mol. The van der Waals surface area contributed by atoms with E-state index in [1.54, 1.807) is 54.6 Å². The number of amides is 3. The summed E-state index contributed by atoms with van der Waals surface area (Å²) in [6.07, 6.45) is 1.49. The van der Waals surface area contributed by atoms with Crippen LogP contribution in [-0.2, 0) is 16.2 Å². The number of ether oxygens (including phenoxy) is 4. The average Bonchev–Trinajstić information content (AvgIpc) is 3.51. The molecule has 2 heterocycles. The van der Waals surface area contributed by atoms with Gasteiger partial charge in [0, 0.05) is 17.3 Å². The molecule has 0 bridgehead atoms. The number of halogens is 1. The Hall–Kier alpha value is -4.66. The molecule has 12 heteroatoms. The first-order valence-corrected chi connectivity index (χ1v) is 13.0. The summed E-state index contributed by atoms with van der Waals surface area (Å²) in [5, 5.41) is 11.6. The zero-order valence-corrected chi connectivity index (χ0v) is 22.5. The molecule has 0 aliphatic carbocycles. The molecule has 3 amide bonds. The number of carbonyl (C=O) groups excluding carboxylic acids is 3. The second-order valence-electron chi connectivity index (χ2n) is 8.48. The number of hydrogen-bond donors (Lipinski definition) is 1. The second kappa shape index (κ2) is 11.6. The third-order valence-electron chi connectivity index (χ3n) is 5.89. The summed E-state index contributed by atoms with van der Waals surface area (Å²) in [4.78, 5) is 39.1. The van der Waals surface area contributed by atoms with E-state index in [2.05, 4.69) is 11.4 Å². The molecule has 10 nitrogen and oxygen atoms in total. The number of anilines is 1. The van der Waals surface area contributed by atoms with Crippen LogP contribution in [0.15, 0.2) is 59.5 Å². The first-order valence-electron chi connectivity index (χ1n) is 11.8. The molecule has 2 aliphatic heterocycles. The zero-order valence-electron chi connectivity index (χ0n) is 20.9. The second-order valence-corrected chi connectivity index (χ2v) is 9.88. The van der Waals surface area contributed by atoms with Gasteiger partial charge in [0.1, 0.15) is 13.2 Å². The first kappa shape index (κ1) is 26.9. The molecule has 0 aromatic heterocycles. The van der Waals surface area contributed by atoms with E-state index >= 15 is 0 Å². The van der Waals surface area contributed by atoms with Gasteiger partial charge in [0.2, 0.25) is 12.7 Å². The molecule has 0 radical (unpaired) electrons. The monoisotopic (exact) mass is 577 g/mol. The fraction of sp³-hybridized carbons (Fsp3) is 0.143. The van der Waals surface area contributed by atoms with Crippen molar-refractivity contribution in [3.8, 4) is 29.1 Å². The van der Waals surface area contributed by atoms with E-state index in [-0.39, 0.29) is 29.1 Å². The van der Waals surface area contributed by atoms with Crippen LogP contribution in [0, 0.1) is 11.3 Å². The number of hydrogen-bond acceptors (Lipinski definition) is 9. The maximum absolute atomic E-state index is 13.0. The minimum absolute atomic E-state index is 0.0897. The molecule has 1 fully saturated rings. The van der Waals surface area contributed by atoms with Crippen molar-refractivity contribution in [2.24, 2.45) is 0 Å². The predicted octanol–water partition coefficient (Wildman–Crippen LogP) is 5.20. The third-order valence-corrected chi connectivity index (χ3v) is 7.08. The van der Waals surface area contributed by atoms with Crippen molar-refractivity contribution < 1.29 is 33.3 Å². The van der Waals surface area contributed by atoms with Gasteiger partial charge in [0.05, 0.1) is 28.7 Å². The maximum Gasteiger partial charge on any atom is 0.294 e. The van der Waals surface area contributed by atoms with E-state index in [1.165, 1.54) is 13.2 Å². The van der Waals surface area contributed by atoms with E-state index in [4.69, 9.17) is 30.5 Å². The number of nitriles is 1. The van der Waals surface area contributed by atoms with Gasteiger partial charge in [-0.05, 0) is 53.7 Å². The first-order chi connectivity index (χ1) is 19.4. The van der Waals surface area contributed by atoms with Crippen LogP contribution in [-0.4, -0.2) is 42.4 Å². The van der Waals surface area contributed by atoms with Crippen LogP contribution in [0.25, 0.3) is 6.08 Å². The molecule has 202 valence electrons. The zero-order chi connectivity index (χ0) is 28.2. The average molecular weight is 578 g/mol. The SMILES string of the molecule is COc1cc(/C=C2\SC(=O)N(CC(=O)Nc3ccc4c(c3)OCO4)C2=O)cc(Cl)c1OCc1ccccc1C#N. The van der Waals surface area contributed by atoms with Crippen LogP contribution >= 0.6 is 23.4 Å². The van der Waals surface area contributed by atoms with E-state index in [0.29, 0.717) is 51.4 Å². The van der Waals surface area contributed by atoms with Crippen LogP contribution in [0.4, 0.5) is 10.5 Å². The molecular weight excluding hydrogens is 558 g/mol. The van der Waals surface area contributed by atoms with Crippen molar-refractivity contribution >= 4 is 52.2 Å². The highest BCUT2D eigenvalue weighted by Crippen LogP contribution is 2.39. The lowest BCUT2D eigenvalue weighted by molar-refractivity contribution is -0.127. The number of fused-ring (bicyclic) bond motifs is 1. The quantitative estimate of drug-likeness (QED) is 0.359. The van der Waals surface area contributed by atoms with Gasteiger partial charge in [-0.15, -0.1) is 0 Å². The highest BCUT2D eigenvalue weighted by molar-refractivity contribution is 8.18. The van der Waals surface area contributed by atoms with Crippen LogP contribution in [0.2, 0.25) is 5.02 Å². The Morgan fingerprint density at radius 1 is 1.18 bits per heavy atom. The molecule has 0 atom stereocenters. The molecule has 3 aromatic rings. The Balaban J connectivity index is 1.27. The van der Waals surface area contributed by atoms with E-state index in [9.17, 15) is 19.6 Å². The van der Waals surface area contributed by atoms with Crippen molar-refractivity contribution in [1.82, 2.24) is 4.90 Å². The number of rotatable bonds is 8. The lowest BCUT2D eigenvalue weighted by atomic mass is 10.1. The van der Waals surface area contributed by atoms with Crippen molar-refractivity contribution in [2.75, 3.05) is 25.8 Å². The highest BCUT2D eigenvalue weighted by Gasteiger charge is 2.36. The summed E-state index contributed by atoms with van der Waals surface area (Å²) < 4.78 is 21.8.